The van der Waals surface area contributed by atoms with Crippen LogP contribution in [0.25, 0.3) is 10.9 Å². The molecule has 0 bridgehead atoms. The summed E-state index contributed by atoms with van der Waals surface area (Å²) >= 11 is 0. The van der Waals surface area contributed by atoms with Crippen LogP contribution in [0.3, 0.4) is 0 Å². The third-order valence-corrected chi connectivity index (χ3v) is 4.36. The summed E-state index contributed by atoms with van der Waals surface area (Å²) in [7, 11) is 0. The van der Waals surface area contributed by atoms with Crippen LogP contribution in [-0.4, -0.2) is 10.9 Å². The molecule has 3 rings (SSSR count). The van der Waals surface area contributed by atoms with Gasteiger partial charge >= 0.3 is 0 Å². The van der Waals surface area contributed by atoms with Gasteiger partial charge in [0.2, 0.25) is 5.91 Å². The van der Waals surface area contributed by atoms with E-state index in [2.05, 4.69) is 10.3 Å². The zero-order chi connectivity index (χ0) is 17.8. The van der Waals surface area contributed by atoms with Gasteiger partial charge in [-0.1, -0.05) is 48.9 Å². The van der Waals surface area contributed by atoms with Gasteiger partial charge in [0, 0.05) is 23.5 Å². The molecular weight excluding hydrogens is 312 g/mol. The molecule has 128 valence electrons. The molecule has 0 aliphatic carbocycles. The van der Waals surface area contributed by atoms with E-state index in [0.29, 0.717) is 12.0 Å². The fraction of sp³-hybridized carbons (Fsp3) is 0.238. The number of H-pyrrole nitrogens is 1. The van der Waals surface area contributed by atoms with E-state index in [1.807, 2.05) is 68.4 Å². The van der Waals surface area contributed by atoms with Crippen LogP contribution >= 0.6 is 0 Å². The smallest absolute Gasteiger partial charge is 0.253 e. The maximum absolute atomic E-state index is 12.3. The van der Waals surface area contributed by atoms with Crippen molar-refractivity contribution in [2.24, 2.45) is 5.92 Å². The van der Waals surface area contributed by atoms with Crippen LogP contribution in [-0.2, 0) is 17.8 Å². The highest BCUT2D eigenvalue weighted by Crippen LogP contribution is 2.13. The molecule has 0 saturated carbocycles. The van der Waals surface area contributed by atoms with Crippen LogP contribution in [0.5, 0.6) is 0 Å². The molecule has 0 radical (unpaired) electrons. The number of carbonyl (C=O) groups is 1. The molecule has 0 saturated heterocycles. The fourth-order valence-corrected chi connectivity index (χ4v) is 2.92. The van der Waals surface area contributed by atoms with E-state index >= 15 is 0 Å². The third kappa shape index (κ3) is 4.15. The minimum Gasteiger partial charge on any atom is -0.352 e. The molecule has 1 atom stereocenters. The summed E-state index contributed by atoms with van der Waals surface area (Å²) in [4.78, 5) is 27.4. The predicted molar refractivity (Wildman–Crippen MR) is 100 cm³/mol. The monoisotopic (exact) mass is 334 g/mol. The van der Waals surface area contributed by atoms with Crippen molar-refractivity contribution in [1.29, 1.82) is 0 Å². The molecule has 4 heteroatoms. The number of carbonyl (C=O) groups excluding carboxylic acids is 1. The normalized spacial score (nSPS) is 12.1. The molecule has 0 fully saturated rings. The molecule has 0 aliphatic heterocycles. The maximum Gasteiger partial charge on any atom is 0.253 e. The van der Waals surface area contributed by atoms with Gasteiger partial charge in [-0.2, -0.15) is 0 Å². The Morgan fingerprint density at radius 3 is 2.64 bits per heavy atom. The number of aromatic amines is 1. The minimum absolute atomic E-state index is 0.0485. The topological polar surface area (TPSA) is 62.0 Å². The van der Waals surface area contributed by atoms with Gasteiger partial charge < -0.3 is 10.3 Å². The average molecular weight is 334 g/mol. The van der Waals surface area contributed by atoms with Gasteiger partial charge in [0.25, 0.3) is 5.56 Å². The zero-order valence-electron chi connectivity index (χ0n) is 14.5. The molecular formula is C21H22N2O2. The van der Waals surface area contributed by atoms with Crippen molar-refractivity contribution in [2.45, 2.75) is 26.8 Å². The Balaban J connectivity index is 1.68. The van der Waals surface area contributed by atoms with Crippen LogP contribution in [0.2, 0.25) is 0 Å². The van der Waals surface area contributed by atoms with Crippen LogP contribution in [0.4, 0.5) is 0 Å². The molecule has 25 heavy (non-hydrogen) atoms. The zero-order valence-corrected chi connectivity index (χ0v) is 14.5. The highest BCUT2D eigenvalue weighted by molar-refractivity contribution is 5.80. The first-order valence-corrected chi connectivity index (χ1v) is 8.47. The van der Waals surface area contributed by atoms with Gasteiger partial charge in [-0.3, -0.25) is 9.59 Å². The second-order valence-corrected chi connectivity index (χ2v) is 6.52. The van der Waals surface area contributed by atoms with Gasteiger partial charge in [-0.05, 0) is 42.5 Å². The van der Waals surface area contributed by atoms with Crippen LogP contribution < -0.4 is 10.9 Å². The largest absolute Gasteiger partial charge is 0.352 e. The highest BCUT2D eigenvalue weighted by atomic mass is 16.2. The van der Waals surface area contributed by atoms with E-state index in [0.717, 1.165) is 22.0 Å². The van der Waals surface area contributed by atoms with Crippen LogP contribution in [0.15, 0.2) is 59.4 Å². The van der Waals surface area contributed by atoms with Crippen molar-refractivity contribution in [3.63, 3.8) is 0 Å². The van der Waals surface area contributed by atoms with E-state index in [1.54, 1.807) is 0 Å². The molecule has 0 aliphatic rings. The Kier molecular flexibility index (Phi) is 4.98. The van der Waals surface area contributed by atoms with E-state index in [9.17, 15) is 9.59 Å². The number of rotatable bonds is 5. The van der Waals surface area contributed by atoms with Crippen molar-refractivity contribution in [1.82, 2.24) is 10.3 Å². The number of benzene rings is 2. The van der Waals surface area contributed by atoms with Crippen molar-refractivity contribution in [3.05, 3.63) is 81.6 Å². The fourth-order valence-electron chi connectivity index (χ4n) is 2.92. The van der Waals surface area contributed by atoms with Gasteiger partial charge in [0.05, 0.1) is 0 Å². The number of aromatic nitrogens is 1. The number of nitrogens with one attached hydrogen (secondary N) is 2. The molecule has 4 nitrogen and oxygen atoms in total. The number of hydrogen-bond donors (Lipinski definition) is 2. The van der Waals surface area contributed by atoms with Gasteiger partial charge in [-0.25, -0.2) is 0 Å². The van der Waals surface area contributed by atoms with Crippen molar-refractivity contribution < 1.29 is 4.79 Å². The molecule has 2 N–H and O–H groups in total. The molecule has 1 unspecified atom stereocenters. The first kappa shape index (κ1) is 17.0. The Morgan fingerprint density at radius 2 is 1.88 bits per heavy atom. The lowest BCUT2D eigenvalue weighted by Gasteiger charge is -2.12. The summed E-state index contributed by atoms with van der Waals surface area (Å²) in [5.41, 5.74) is 3.48. The van der Waals surface area contributed by atoms with E-state index < -0.39 is 0 Å². The van der Waals surface area contributed by atoms with Crippen LogP contribution in [0, 0.1) is 12.8 Å². The van der Waals surface area contributed by atoms with Crippen molar-refractivity contribution >= 4 is 16.8 Å². The van der Waals surface area contributed by atoms with E-state index in [4.69, 9.17) is 0 Å². The lowest BCUT2D eigenvalue weighted by Crippen LogP contribution is -2.31. The van der Waals surface area contributed by atoms with E-state index in [1.165, 1.54) is 0 Å². The Hall–Kier alpha value is -2.88. The molecule has 1 aromatic heterocycles. The minimum atomic E-state index is -0.160. The Bertz CT molecular complexity index is 945. The summed E-state index contributed by atoms with van der Waals surface area (Å²) in [5, 5.41) is 3.85. The summed E-state index contributed by atoms with van der Waals surface area (Å²) in [6.45, 7) is 4.14. The first-order chi connectivity index (χ1) is 12.0. The van der Waals surface area contributed by atoms with Crippen LogP contribution in [0.1, 0.15) is 23.6 Å². The lowest BCUT2D eigenvalue weighted by molar-refractivity contribution is -0.124. The maximum atomic E-state index is 12.3. The second-order valence-electron chi connectivity index (χ2n) is 6.52. The van der Waals surface area contributed by atoms with Gasteiger partial charge in [-0.15, -0.1) is 0 Å². The van der Waals surface area contributed by atoms with Gasteiger partial charge in [0.15, 0.2) is 0 Å². The molecule has 2 aromatic carbocycles. The average Bonchev–Trinajstić information content (AvgIpc) is 2.60. The molecule has 1 amide bonds. The standard InChI is InChI=1S/C21H22N2O2/c1-14-8-9-19-17(10-14)12-18(21(25)23-19)13-22-20(24)15(2)11-16-6-4-3-5-7-16/h3-10,12,15H,11,13H2,1-2H3,(H,22,24)(H,23,25). The number of aryl methyl sites for hydroxylation is 1. The Labute approximate surface area is 146 Å². The van der Waals surface area contributed by atoms with Crippen molar-refractivity contribution in [2.75, 3.05) is 0 Å². The number of hydrogen-bond acceptors (Lipinski definition) is 2. The SMILES string of the molecule is Cc1ccc2[nH]c(=O)c(CNC(=O)C(C)Cc3ccccc3)cc2c1. The first-order valence-electron chi connectivity index (χ1n) is 8.47. The van der Waals surface area contributed by atoms with Gasteiger partial charge in [0.1, 0.15) is 0 Å². The Morgan fingerprint density at radius 1 is 1.12 bits per heavy atom. The summed E-state index contributed by atoms with van der Waals surface area (Å²) in [5.74, 6) is -0.197. The number of pyridine rings is 1. The second kappa shape index (κ2) is 7.34. The predicted octanol–water partition coefficient (Wildman–Crippen LogP) is 3.33. The molecule has 3 aromatic rings. The summed E-state index contributed by atoms with van der Waals surface area (Å²) in [6, 6.07) is 17.7. The van der Waals surface area contributed by atoms with Crippen molar-refractivity contribution in [3.8, 4) is 0 Å². The summed E-state index contributed by atoms with van der Waals surface area (Å²) in [6.07, 6.45) is 0.681. The molecule has 1 heterocycles. The molecule has 0 spiro atoms. The number of fused-ring (bicyclic) bond motifs is 1. The highest BCUT2D eigenvalue weighted by Gasteiger charge is 2.14. The lowest BCUT2D eigenvalue weighted by atomic mass is 10.0. The third-order valence-electron chi connectivity index (χ3n) is 4.36. The quantitative estimate of drug-likeness (QED) is 0.752. The number of amides is 1. The summed E-state index contributed by atoms with van der Waals surface area (Å²) < 4.78 is 0. The van der Waals surface area contributed by atoms with E-state index in [-0.39, 0.29) is 23.9 Å².